The van der Waals surface area contributed by atoms with Crippen molar-refractivity contribution in [2.24, 2.45) is 0 Å². The maximum absolute atomic E-state index is 6.09. The fourth-order valence-electron chi connectivity index (χ4n) is 2.92. The van der Waals surface area contributed by atoms with Crippen molar-refractivity contribution in [1.29, 1.82) is 0 Å². The molecular weight excluding hydrogens is 238 g/mol. The lowest BCUT2D eigenvalue weighted by molar-refractivity contribution is -0.649. The first-order valence-corrected chi connectivity index (χ1v) is 6.29. The summed E-state index contributed by atoms with van der Waals surface area (Å²) in [5, 5.41) is 4.31. The molecule has 1 aliphatic rings. The average Bonchev–Trinajstić information content (AvgIpc) is 3.07. The normalized spacial score (nSPS) is 13.1. The fraction of sp³-hybridized carbons (Fsp3) is 0.0667. The minimum Gasteiger partial charge on any atom is -0.395 e. The minimum absolute atomic E-state index is 0.870. The summed E-state index contributed by atoms with van der Waals surface area (Å²) in [6.45, 7) is 0.870. The van der Waals surface area contributed by atoms with E-state index in [1.54, 1.807) is 6.20 Å². The molecule has 0 atom stereocenters. The van der Waals surface area contributed by atoms with E-state index < -0.39 is 0 Å². The predicted octanol–water partition coefficient (Wildman–Crippen LogP) is 2.40. The van der Waals surface area contributed by atoms with Gasteiger partial charge in [0.15, 0.2) is 6.54 Å². The Labute approximate surface area is 108 Å². The van der Waals surface area contributed by atoms with E-state index in [1.807, 2.05) is 22.8 Å². The maximum atomic E-state index is 6.09. The van der Waals surface area contributed by atoms with Gasteiger partial charge in [0, 0.05) is 11.8 Å². The van der Waals surface area contributed by atoms with Gasteiger partial charge in [-0.3, -0.25) is 0 Å². The third-order valence-corrected chi connectivity index (χ3v) is 3.80. The van der Waals surface area contributed by atoms with Gasteiger partial charge >= 0.3 is 5.89 Å². The number of rotatable bonds is 0. The van der Waals surface area contributed by atoms with E-state index in [9.17, 15) is 0 Å². The second-order valence-corrected chi connectivity index (χ2v) is 4.85. The van der Waals surface area contributed by atoms with Crippen molar-refractivity contribution >= 4 is 16.6 Å². The zero-order valence-corrected chi connectivity index (χ0v) is 10.1. The van der Waals surface area contributed by atoms with Crippen LogP contribution in [-0.4, -0.2) is 9.61 Å². The number of aromatic nitrogens is 3. The van der Waals surface area contributed by atoms with Crippen LogP contribution in [-0.2, 0) is 6.54 Å². The van der Waals surface area contributed by atoms with Gasteiger partial charge in [0.25, 0.3) is 5.52 Å². The molecule has 0 saturated heterocycles. The molecule has 4 nitrogen and oxygen atoms in total. The van der Waals surface area contributed by atoms with Crippen molar-refractivity contribution in [3.05, 3.63) is 54.4 Å². The molecule has 5 rings (SSSR count). The lowest BCUT2D eigenvalue weighted by Gasteiger charge is -1.90. The number of benzene rings is 1. The Hall–Kier alpha value is -2.62. The molecule has 4 heterocycles. The first-order valence-electron chi connectivity index (χ1n) is 6.29. The molecule has 90 valence electrons. The molecule has 0 saturated carbocycles. The van der Waals surface area contributed by atoms with Crippen molar-refractivity contribution < 1.29 is 8.98 Å². The summed E-state index contributed by atoms with van der Waals surface area (Å²) in [6.07, 6.45) is 3.81. The fourth-order valence-corrected chi connectivity index (χ4v) is 2.92. The summed E-state index contributed by atoms with van der Waals surface area (Å²) in [5.41, 5.74) is 5.53. The average molecular weight is 248 g/mol. The second-order valence-electron chi connectivity index (χ2n) is 4.85. The van der Waals surface area contributed by atoms with Crippen molar-refractivity contribution in [2.75, 3.05) is 0 Å². The molecule has 0 aliphatic carbocycles. The highest BCUT2D eigenvalue weighted by Gasteiger charge is 2.34. The summed E-state index contributed by atoms with van der Waals surface area (Å²) in [5.74, 6) is 0.951. The van der Waals surface area contributed by atoms with E-state index in [4.69, 9.17) is 4.42 Å². The summed E-state index contributed by atoms with van der Waals surface area (Å²) in [7, 11) is 0. The zero-order valence-electron chi connectivity index (χ0n) is 10.1. The lowest BCUT2D eigenvalue weighted by Crippen LogP contribution is -2.30. The van der Waals surface area contributed by atoms with Gasteiger partial charge in [0.1, 0.15) is 11.7 Å². The SMILES string of the molecule is c1ccc2c(c1)C[n+]1c-2oc2c3cccnn3cc21. The summed E-state index contributed by atoms with van der Waals surface area (Å²) in [4.78, 5) is 0. The third kappa shape index (κ3) is 1.04. The van der Waals surface area contributed by atoms with Crippen molar-refractivity contribution in [3.8, 4) is 11.5 Å². The molecular formula is C15H10N3O+. The molecule has 4 aromatic rings. The van der Waals surface area contributed by atoms with Crippen LogP contribution in [0.4, 0.5) is 0 Å². The van der Waals surface area contributed by atoms with Crippen LogP contribution in [0.3, 0.4) is 0 Å². The van der Waals surface area contributed by atoms with E-state index in [1.165, 1.54) is 11.1 Å². The Kier molecular flexibility index (Phi) is 1.49. The third-order valence-electron chi connectivity index (χ3n) is 3.80. The molecule has 0 amide bonds. The number of fused-ring (bicyclic) bond motifs is 7. The van der Waals surface area contributed by atoms with Crippen LogP contribution in [0.15, 0.2) is 53.2 Å². The van der Waals surface area contributed by atoms with Crippen LogP contribution in [0.2, 0.25) is 0 Å². The van der Waals surface area contributed by atoms with Crippen LogP contribution in [0.1, 0.15) is 5.56 Å². The molecule has 1 aliphatic heterocycles. The number of oxazole rings is 1. The Morgan fingerprint density at radius 1 is 1.16 bits per heavy atom. The van der Waals surface area contributed by atoms with Crippen LogP contribution < -0.4 is 4.57 Å². The number of hydrogen-bond acceptors (Lipinski definition) is 2. The molecule has 0 unspecified atom stereocenters. The second kappa shape index (κ2) is 3.03. The highest BCUT2D eigenvalue weighted by molar-refractivity contribution is 5.89. The van der Waals surface area contributed by atoms with E-state index >= 15 is 0 Å². The Morgan fingerprint density at radius 3 is 3.11 bits per heavy atom. The van der Waals surface area contributed by atoms with Gasteiger partial charge in [0.2, 0.25) is 5.58 Å². The number of hydrogen-bond donors (Lipinski definition) is 0. The maximum Gasteiger partial charge on any atom is 0.382 e. The Bertz CT molecular complexity index is 949. The Balaban J connectivity index is 1.93. The summed E-state index contributed by atoms with van der Waals surface area (Å²) >= 11 is 0. The predicted molar refractivity (Wildman–Crippen MR) is 69.7 cm³/mol. The van der Waals surface area contributed by atoms with Crippen molar-refractivity contribution in [1.82, 2.24) is 9.61 Å². The molecule has 0 spiro atoms. The first-order chi connectivity index (χ1) is 9.42. The molecule has 0 N–H and O–H groups in total. The standard InChI is InChI=1S/C15H10N3O/c1-2-5-11-10(4-1)8-17-13-9-18-12(6-3-7-16-18)14(13)19-15(11)17/h1-7,9H,8H2/q+1. The molecule has 19 heavy (non-hydrogen) atoms. The van der Waals surface area contributed by atoms with Crippen molar-refractivity contribution in [3.63, 3.8) is 0 Å². The van der Waals surface area contributed by atoms with E-state index in [0.29, 0.717) is 0 Å². The summed E-state index contributed by atoms with van der Waals surface area (Å²) < 4.78 is 10.2. The smallest absolute Gasteiger partial charge is 0.382 e. The monoisotopic (exact) mass is 248 g/mol. The van der Waals surface area contributed by atoms with Gasteiger partial charge in [-0.05, 0) is 18.2 Å². The Morgan fingerprint density at radius 2 is 2.11 bits per heavy atom. The zero-order chi connectivity index (χ0) is 12.4. The summed E-state index contributed by atoms with van der Waals surface area (Å²) in [6, 6.07) is 12.3. The van der Waals surface area contributed by atoms with Gasteiger partial charge in [-0.15, -0.1) is 0 Å². The minimum atomic E-state index is 0.870. The van der Waals surface area contributed by atoms with Gasteiger partial charge in [-0.25, -0.2) is 4.52 Å². The molecule has 3 aromatic heterocycles. The molecule has 4 heteroatoms. The van der Waals surface area contributed by atoms with E-state index in [0.717, 1.165) is 29.1 Å². The molecule has 0 bridgehead atoms. The van der Waals surface area contributed by atoms with E-state index in [-0.39, 0.29) is 0 Å². The molecule has 0 fully saturated rings. The van der Waals surface area contributed by atoms with Gasteiger partial charge < -0.3 is 4.42 Å². The lowest BCUT2D eigenvalue weighted by atomic mass is 10.1. The van der Waals surface area contributed by atoms with Crippen LogP contribution in [0.5, 0.6) is 0 Å². The van der Waals surface area contributed by atoms with Crippen LogP contribution in [0, 0.1) is 0 Å². The molecule has 0 radical (unpaired) electrons. The van der Waals surface area contributed by atoms with Gasteiger partial charge in [-0.2, -0.15) is 9.67 Å². The number of nitrogens with zero attached hydrogens (tertiary/aromatic N) is 3. The van der Waals surface area contributed by atoms with Gasteiger partial charge in [0.05, 0.1) is 5.56 Å². The van der Waals surface area contributed by atoms with E-state index in [2.05, 4.69) is 33.9 Å². The first kappa shape index (κ1) is 9.33. The quantitative estimate of drug-likeness (QED) is 0.394. The highest BCUT2D eigenvalue weighted by atomic mass is 16.4. The van der Waals surface area contributed by atoms with Crippen LogP contribution >= 0.6 is 0 Å². The largest absolute Gasteiger partial charge is 0.395 e. The molecule has 1 aromatic carbocycles. The van der Waals surface area contributed by atoms with Crippen molar-refractivity contribution in [2.45, 2.75) is 6.54 Å². The van der Waals surface area contributed by atoms with Gasteiger partial charge in [-0.1, -0.05) is 18.2 Å². The topological polar surface area (TPSA) is 34.3 Å². The highest BCUT2D eigenvalue weighted by Crippen LogP contribution is 2.32. The van der Waals surface area contributed by atoms with Crippen LogP contribution in [0.25, 0.3) is 28.1 Å².